The number of hydrogen-bond acceptors (Lipinski definition) is 4. The van der Waals surface area contributed by atoms with Gasteiger partial charge >= 0.3 is 0 Å². The second-order valence-corrected chi connectivity index (χ2v) is 4.02. The van der Waals surface area contributed by atoms with Gasteiger partial charge in [0.2, 0.25) is 0 Å². The molecule has 0 radical (unpaired) electrons. The average molecular weight is 225 g/mol. The molecule has 5 heteroatoms. The smallest absolute Gasteiger partial charge is 0.141 e. The van der Waals surface area contributed by atoms with E-state index in [-0.39, 0.29) is 11.9 Å². The van der Waals surface area contributed by atoms with Crippen LogP contribution >= 0.6 is 0 Å². The number of halogens is 1. The maximum atomic E-state index is 12.8. The zero-order chi connectivity index (χ0) is 11.4. The van der Waals surface area contributed by atoms with Gasteiger partial charge in [-0.05, 0) is 25.0 Å². The minimum absolute atomic E-state index is 0.0686. The molecule has 1 saturated heterocycles. The van der Waals surface area contributed by atoms with E-state index >= 15 is 0 Å². The van der Waals surface area contributed by atoms with Crippen LogP contribution in [-0.2, 0) is 4.74 Å². The van der Waals surface area contributed by atoms with E-state index in [2.05, 4.69) is 10.4 Å². The van der Waals surface area contributed by atoms with Crippen molar-refractivity contribution in [1.29, 1.82) is 0 Å². The molecule has 2 rings (SSSR count). The summed E-state index contributed by atoms with van der Waals surface area (Å²) >= 11 is 0. The molecule has 1 aromatic heterocycles. The summed E-state index contributed by atoms with van der Waals surface area (Å²) in [6.45, 7) is 1.48. The maximum absolute atomic E-state index is 12.8. The van der Waals surface area contributed by atoms with Crippen LogP contribution in [0.15, 0.2) is 18.3 Å². The van der Waals surface area contributed by atoms with Crippen LogP contribution in [-0.4, -0.2) is 18.2 Å². The van der Waals surface area contributed by atoms with Crippen molar-refractivity contribution in [3.63, 3.8) is 0 Å². The fourth-order valence-electron chi connectivity index (χ4n) is 2.06. The molecule has 0 amide bonds. The van der Waals surface area contributed by atoms with Crippen molar-refractivity contribution in [2.75, 3.05) is 13.2 Å². The van der Waals surface area contributed by atoms with Gasteiger partial charge in [-0.2, -0.15) is 0 Å². The monoisotopic (exact) mass is 225 g/mol. The quantitative estimate of drug-likeness (QED) is 0.598. The van der Waals surface area contributed by atoms with E-state index in [9.17, 15) is 4.39 Å². The Morgan fingerprint density at radius 3 is 3.00 bits per heavy atom. The van der Waals surface area contributed by atoms with Crippen LogP contribution in [0.25, 0.3) is 0 Å². The van der Waals surface area contributed by atoms with Gasteiger partial charge in [-0.1, -0.05) is 0 Å². The van der Waals surface area contributed by atoms with E-state index in [1.54, 1.807) is 6.07 Å². The van der Waals surface area contributed by atoms with Crippen molar-refractivity contribution in [3.05, 3.63) is 29.8 Å². The topological polar surface area (TPSA) is 60.2 Å². The lowest BCUT2D eigenvalue weighted by molar-refractivity contribution is 0.0383. The highest BCUT2D eigenvalue weighted by Crippen LogP contribution is 2.26. The van der Waals surface area contributed by atoms with E-state index in [1.165, 1.54) is 12.3 Å². The molecule has 1 aromatic rings. The Morgan fingerprint density at radius 1 is 1.56 bits per heavy atom. The molecule has 4 nitrogen and oxygen atoms in total. The Bertz CT molecular complexity index is 325. The molecular weight excluding hydrogens is 209 g/mol. The Hall–Kier alpha value is -1.04. The molecule has 1 aliphatic rings. The molecule has 0 aromatic carbocycles. The minimum Gasteiger partial charge on any atom is -0.381 e. The summed E-state index contributed by atoms with van der Waals surface area (Å²) in [6.07, 6.45) is 3.29. The van der Waals surface area contributed by atoms with Crippen molar-refractivity contribution in [1.82, 2.24) is 10.4 Å². The number of nitrogens with zero attached hydrogens (tertiary/aromatic N) is 1. The molecule has 88 valence electrons. The van der Waals surface area contributed by atoms with Gasteiger partial charge in [-0.15, -0.1) is 0 Å². The Kier molecular flexibility index (Phi) is 3.82. The fourth-order valence-corrected chi connectivity index (χ4v) is 2.06. The molecule has 3 N–H and O–H groups in total. The van der Waals surface area contributed by atoms with Crippen LogP contribution in [0.1, 0.15) is 24.6 Å². The molecule has 0 bridgehead atoms. The summed E-state index contributed by atoms with van der Waals surface area (Å²) in [5.74, 6) is 5.50. The van der Waals surface area contributed by atoms with Crippen molar-refractivity contribution >= 4 is 0 Å². The lowest BCUT2D eigenvalue weighted by Crippen LogP contribution is -2.37. The maximum Gasteiger partial charge on any atom is 0.141 e. The molecule has 1 fully saturated rings. The number of hydrogen-bond donors (Lipinski definition) is 2. The summed E-state index contributed by atoms with van der Waals surface area (Å²) in [7, 11) is 0. The zero-order valence-electron chi connectivity index (χ0n) is 9.03. The Morgan fingerprint density at radius 2 is 2.44 bits per heavy atom. The van der Waals surface area contributed by atoms with Gasteiger partial charge in [0.25, 0.3) is 0 Å². The summed E-state index contributed by atoms with van der Waals surface area (Å²) in [6, 6.07) is 2.99. The summed E-state index contributed by atoms with van der Waals surface area (Å²) in [5, 5.41) is 0. The molecule has 0 saturated carbocycles. The number of hydrazine groups is 1. The van der Waals surface area contributed by atoms with Gasteiger partial charge in [0, 0.05) is 12.5 Å². The fraction of sp³-hybridized carbons (Fsp3) is 0.545. The highest BCUT2D eigenvalue weighted by Gasteiger charge is 2.25. The second-order valence-electron chi connectivity index (χ2n) is 4.02. The molecule has 0 spiro atoms. The Balaban J connectivity index is 2.11. The van der Waals surface area contributed by atoms with Gasteiger partial charge in [0.15, 0.2) is 0 Å². The van der Waals surface area contributed by atoms with Crippen molar-refractivity contribution in [2.45, 2.75) is 18.9 Å². The third-order valence-electron chi connectivity index (χ3n) is 2.92. The molecule has 1 aliphatic heterocycles. The molecular formula is C11H16FN3O. The molecule has 2 heterocycles. The SMILES string of the molecule is NNC(c1ccc(F)cn1)C1CCCOC1. The predicted molar refractivity (Wildman–Crippen MR) is 57.8 cm³/mol. The van der Waals surface area contributed by atoms with Crippen LogP contribution < -0.4 is 11.3 Å². The first-order valence-corrected chi connectivity index (χ1v) is 5.46. The molecule has 16 heavy (non-hydrogen) atoms. The lowest BCUT2D eigenvalue weighted by Gasteiger charge is -2.29. The largest absolute Gasteiger partial charge is 0.381 e. The van der Waals surface area contributed by atoms with E-state index in [0.717, 1.165) is 25.1 Å². The normalized spacial score (nSPS) is 23.0. The van der Waals surface area contributed by atoms with Crippen LogP contribution in [0, 0.1) is 11.7 Å². The van der Waals surface area contributed by atoms with Crippen LogP contribution in [0.5, 0.6) is 0 Å². The first-order chi connectivity index (χ1) is 7.81. The highest BCUT2D eigenvalue weighted by molar-refractivity contribution is 5.11. The van der Waals surface area contributed by atoms with E-state index in [4.69, 9.17) is 10.6 Å². The van der Waals surface area contributed by atoms with Gasteiger partial charge in [-0.25, -0.2) is 4.39 Å². The number of rotatable bonds is 3. The number of pyridine rings is 1. The number of nitrogens with two attached hydrogens (primary N) is 1. The van der Waals surface area contributed by atoms with E-state index < -0.39 is 0 Å². The van der Waals surface area contributed by atoms with Gasteiger partial charge in [0.05, 0.1) is 24.5 Å². The second kappa shape index (κ2) is 5.34. The Labute approximate surface area is 94.0 Å². The van der Waals surface area contributed by atoms with Crippen molar-refractivity contribution in [3.8, 4) is 0 Å². The zero-order valence-corrected chi connectivity index (χ0v) is 9.03. The van der Waals surface area contributed by atoms with Crippen LogP contribution in [0.3, 0.4) is 0 Å². The number of nitrogens with one attached hydrogen (secondary N) is 1. The van der Waals surface area contributed by atoms with Crippen molar-refractivity contribution < 1.29 is 9.13 Å². The van der Waals surface area contributed by atoms with E-state index in [0.29, 0.717) is 12.5 Å². The average Bonchev–Trinajstić information content (AvgIpc) is 2.34. The summed E-state index contributed by atoms with van der Waals surface area (Å²) in [5.41, 5.74) is 3.51. The highest BCUT2D eigenvalue weighted by atomic mass is 19.1. The van der Waals surface area contributed by atoms with Gasteiger partial charge in [-0.3, -0.25) is 16.3 Å². The predicted octanol–water partition coefficient (Wildman–Crippen LogP) is 1.15. The third kappa shape index (κ3) is 2.55. The van der Waals surface area contributed by atoms with Crippen molar-refractivity contribution in [2.24, 2.45) is 11.8 Å². The third-order valence-corrected chi connectivity index (χ3v) is 2.92. The van der Waals surface area contributed by atoms with Gasteiger partial charge < -0.3 is 4.74 Å². The number of aromatic nitrogens is 1. The molecule has 0 aliphatic carbocycles. The van der Waals surface area contributed by atoms with Crippen LogP contribution in [0.4, 0.5) is 4.39 Å². The van der Waals surface area contributed by atoms with Gasteiger partial charge in [0.1, 0.15) is 5.82 Å². The first kappa shape index (κ1) is 11.4. The lowest BCUT2D eigenvalue weighted by atomic mass is 9.92. The molecule has 2 atom stereocenters. The summed E-state index contributed by atoms with van der Waals surface area (Å²) < 4.78 is 18.2. The minimum atomic E-state index is -0.334. The standard InChI is InChI=1S/C11H16FN3O/c12-9-3-4-10(14-6-9)11(15-13)8-2-1-5-16-7-8/h3-4,6,8,11,15H,1-2,5,7,13H2. The van der Waals surface area contributed by atoms with E-state index in [1.807, 2.05) is 0 Å². The summed E-state index contributed by atoms with van der Waals surface area (Å²) in [4.78, 5) is 4.05. The van der Waals surface area contributed by atoms with Crippen LogP contribution in [0.2, 0.25) is 0 Å². The molecule has 2 unspecified atom stereocenters. The number of ether oxygens (including phenoxy) is 1. The first-order valence-electron chi connectivity index (χ1n) is 5.46.